The standard InChI is InChI=1S/C28H20ClNO5/c1-14-11-15(2)13-18(12-14)30-26(33)21-22(27(30)34)28(35-23(21)16-7-9-17(29)10-8-16)24(31)19-5-3-4-6-20(19)25(28)32/h3-13,21-23H,1-2H3/t21-,22+,23+/m1/s1. The van der Waals surface area contributed by atoms with Crippen LogP contribution >= 0.6 is 11.6 Å². The second kappa shape index (κ2) is 7.44. The molecule has 174 valence electrons. The molecule has 35 heavy (non-hydrogen) atoms. The van der Waals surface area contributed by atoms with E-state index in [-0.39, 0.29) is 11.1 Å². The lowest BCUT2D eigenvalue weighted by Gasteiger charge is -2.27. The van der Waals surface area contributed by atoms with E-state index >= 15 is 0 Å². The highest BCUT2D eigenvalue weighted by molar-refractivity contribution is 6.37. The van der Waals surface area contributed by atoms with E-state index < -0.39 is 46.9 Å². The summed E-state index contributed by atoms with van der Waals surface area (Å²) in [4.78, 5) is 56.5. The van der Waals surface area contributed by atoms with Crippen molar-refractivity contribution in [3.8, 4) is 0 Å². The Morgan fingerprint density at radius 1 is 0.800 bits per heavy atom. The Balaban J connectivity index is 1.55. The van der Waals surface area contributed by atoms with Crippen LogP contribution in [0, 0.1) is 25.7 Å². The number of rotatable bonds is 2. The smallest absolute Gasteiger partial charge is 0.241 e. The van der Waals surface area contributed by atoms with Crippen LogP contribution in [0.25, 0.3) is 0 Å². The first kappa shape index (κ1) is 21.9. The first-order valence-corrected chi connectivity index (χ1v) is 11.7. The number of aryl methyl sites for hydroxylation is 2. The fourth-order valence-corrected chi connectivity index (χ4v) is 5.93. The third-order valence-corrected chi connectivity index (χ3v) is 7.43. The van der Waals surface area contributed by atoms with Crippen molar-refractivity contribution < 1.29 is 23.9 Å². The third kappa shape index (κ3) is 2.87. The van der Waals surface area contributed by atoms with E-state index in [9.17, 15) is 19.2 Å². The molecule has 3 atom stereocenters. The number of ether oxygens (including phenoxy) is 1. The molecule has 0 radical (unpaired) electrons. The molecule has 0 aromatic heterocycles. The summed E-state index contributed by atoms with van der Waals surface area (Å²) in [5.74, 6) is -4.55. The number of anilines is 1. The Hall–Kier alpha value is -3.61. The molecule has 3 aliphatic rings. The molecule has 6 nitrogen and oxygen atoms in total. The summed E-state index contributed by atoms with van der Waals surface area (Å²) in [5.41, 5.74) is 1.10. The summed E-state index contributed by atoms with van der Waals surface area (Å²) in [5, 5.41) is 0.490. The molecule has 6 rings (SSSR count). The summed E-state index contributed by atoms with van der Waals surface area (Å²) in [7, 11) is 0. The maximum Gasteiger partial charge on any atom is 0.241 e. The average molecular weight is 486 g/mol. The second-order valence-corrected chi connectivity index (χ2v) is 9.83. The number of hydrogen-bond donors (Lipinski definition) is 0. The topological polar surface area (TPSA) is 80.8 Å². The maximum atomic E-state index is 14.0. The summed E-state index contributed by atoms with van der Waals surface area (Å²) < 4.78 is 6.27. The number of halogens is 1. The molecule has 2 heterocycles. The van der Waals surface area contributed by atoms with Gasteiger partial charge in [0.05, 0.1) is 23.6 Å². The normalized spacial score (nSPS) is 24.4. The van der Waals surface area contributed by atoms with Crippen LogP contribution in [0.5, 0.6) is 0 Å². The number of nitrogens with zero attached hydrogens (tertiary/aromatic N) is 1. The Morgan fingerprint density at radius 2 is 1.37 bits per heavy atom. The molecule has 2 aliphatic heterocycles. The van der Waals surface area contributed by atoms with Gasteiger partial charge in [0.2, 0.25) is 29.0 Å². The molecule has 1 spiro atoms. The number of amides is 2. The Kier molecular flexibility index (Phi) is 4.66. The maximum absolute atomic E-state index is 14.0. The van der Waals surface area contributed by atoms with Gasteiger partial charge in [-0.2, -0.15) is 0 Å². The number of ketones is 2. The minimum absolute atomic E-state index is 0.207. The SMILES string of the molecule is Cc1cc(C)cc(N2C(=O)[C@@H]3[C@@H](C2=O)C2(O[C@H]3c3ccc(Cl)cc3)C(=O)c3ccccc3C2=O)c1. The summed E-state index contributed by atoms with van der Waals surface area (Å²) in [6.45, 7) is 3.76. The number of carbonyl (C=O) groups is 4. The predicted octanol–water partition coefficient (Wildman–Crippen LogP) is 4.65. The highest BCUT2D eigenvalue weighted by Gasteiger charge is 2.74. The van der Waals surface area contributed by atoms with Crippen molar-refractivity contribution in [3.05, 3.63) is 99.6 Å². The van der Waals surface area contributed by atoms with Crippen molar-refractivity contribution in [1.82, 2.24) is 0 Å². The minimum Gasteiger partial charge on any atom is -0.349 e. The Bertz CT molecular complexity index is 1410. The number of carbonyl (C=O) groups excluding carboxylic acids is 4. The van der Waals surface area contributed by atoms with Gasteiger partial charge in [0.25, 0.3) is 0 Å². The first-order valence-electron chi connectivity index (χ1n) is 11.3. The fraction of sp³-hybridized carbons (Fsp3) is 0.214. The van der Waals surface area contributed by atoms with E-state index in [1.54, 1.807) is 60.7 Å². The van der Waals surface area contributed by atoms with Crippen LogP contribution in [0.1, 0.15) is 43.5 Å². The zero-order valence-corrected chi connectivity index (χ0v) is 19.7. The molecule has 0 N–H and O–H groups in total. The quantitative estimate of drug-likeness (QED) is 0.390. The van der Waals surface area contributed by atoms with Crippen LogP contribution in [0.15, 0.2) is 66.7 Å². The molecule has 2 fully saturated rings. The zero-order chi connectivity index (χ0) is 24.6. The monoisotopic (exact) mass is 485 g/mol. The summed E-state index contributed by atoms with van der Waals surface area (Å²) >= 11 is 6.06. The molecule has 7 heteroatoms. The molecule has 2 amide bonds. The number of benzene rings is 3. The average Bonchev–Trinajstić information content (AvgIpc) is 3.39. The number of hydrogen-bond acceptors (Lipinski definition) is 5. The number of fused-ring (bicyclic) bond motifs is 3. The number of Topliss-reactive ketones (excluding diaryl/α,β-unsaturated/α-hetero) is 2. The Morgan fingerprint density at radius 3 is 1.94 bits per heavy atom. The van der Waals surface area contributed by atoms with Crippen LogP contribution in [0.4, 0.5) is 5.69 Å². The highest BCUT2D eigenvalue weighted by atomic mass is 35.5. The largest absolute Gasteiger partial charge is 0.349 e. The lowest BCUT2D eigenvalue weighted by Crippen LogP contribution is -2.51. The summed E-state index contributed by atoms with van der Waals surface area (Å²) in [6.07, 6.45) is -0.966. The molecular weight excluding hydrogens is 466 g/mol. The van der Waals surface area contributed by atoms with E-state index in [0.717, 1.165) is 16.0 Å². The van der Waals surface area contributed by atoms with Crippen molar-refractivity contribution in [1.29, 1.82) is 0 Å². The molecule has 2 saturated heterocycles. The van der Waals surface area contributed by atoms with Crippen LogP contribution < -0.4 is 4.90 Å². The third-order valence-electron chi connectivity index (χ3n) is 7.18. The lowest BCUT2D eigenvalue weighted by molar-refractivity contribution is -0.127. The molecule has 1 aliphatic carbocycles. The molecule has 0 unspecified atom stereocenters. The van der Waals surface area contributed by atoms with Gasteiger partial charge in [-0.3, -0.25) is 19.2 Å². The van der Waals surface area contributed by atoms with E-state index in [0.29, 0.717) is 16.3 Å². The van der Waals surface area contributed by atoms with Crippen LogP contribution in [0.3, 0.4) is 0 Å². The van der Waals surface area contributed by atoms with Crippen molar-refractivity contribution in [3.63, 3.8) is 0 Å². The van der Waals surface area contributed by atoms with Crippen molar-refractivity contribution in [2.45, 2.75) is 25.6 Å². The molecule has 3 aromatic carbocycles. The van der Waals surface area contributed by atoms with Gasteiger partial charge in [0.15, 0.2) is 0 Å². The van der Waals surface area contributed by atoms with Gasteiger partial charge in [0.1, 0.15) is 0 Å². The van der Waals surface area contributed by atoms with Crippen molar-refractivity contribution in [2.75, 3.05) is 4.90 Å². The van der Waals surface area contributed by atoms with Gasteiger partial charge in [-0.25, -0.2) is 4.90 Å². The fourth-order valence-electron chi connectivity index (χ4n) is 5.80. The predicted molar refractivity (Wildman–Crippen MR) is 129 cm³/mol. The molecule has 0 saturated carbocycles. The molecule has 0 bridgehead atoms. The van der Waals surface area contributed by atoms with Gasteiger partial charge in [-0.1, -0.05) is 54.1 Å². The first-order chi connectivity index (χ1) is 16.7. The number of imide groups is 1. The van der Waals surface area contributed by atoms with Gasteiger partial charge in [-0.15, -0.1) is 0 Å². The lowest BCUT2D eigenvalue weighted by atomic mass is 9.77. The van der Waals surface area contributed by atoms with Crippen LogP contribution in [-0.2, 0) is 14.3 Å². The molecule has 3 aromatic rings. The van der Waals surface area contributed by atoms with Gasteiger partial charge < -0.3 is 4.74 Å². The molecular formula is C28H20ClNO5. The van der Waals surface area contributed by atoms with Crippen molar-refractivity contribution >= 4 is 40.7 Å². The van der Waals surface area contributed by atoms with Crippen LogP contribution in [0.2, 0.25) is 5.02 Å². The minimum atomic E-state index is -2.08. The van der Waals surface area contributed by atoms with Gasteiger partial charge in [-0.05, 0) is 54.8 Å². The van der Waals surface area contributed by atoms with E-state index in [1.165, 1.54) is 0 Å². The van der Waals surface area contributed by atoms with Crippen LogP contribution in [-0.4, -0.2) is 29.0 Å². The highest BCUT2D eigenvalue weighted by Crippen LogP contribution is 2.57. The second-order valence-electron chi connectivity index (χ2n) is 9.39. The zero-order valence-electron chi connectivity index (χ0n) is 18.9. The Labute approximate surface area is 206 Å². The van der Waals surface area contributed by atoms with E-state index in [1.807, 2.05) is 19.9 Å². The van der Waals surface area contributed by atoms with Gasteiger partial charge in [0, 0.05) is 16.1 Å². The van der Waals surface area contributed by atoms with E-state index in [4.69, 9.17) is 16.3 Å². The van der Waals surface area contributed by atoms with Crippen molar-refractivity contribution in [2.24, 2.45) is 11.8 Å². The van der Waals surface area contributed by atoms with Gasteiger partial charge >= 0.3 is 0 Å². The van der Waals surface area contributed by atoms with E-state index in [2.05, 4.69) is 0 Å². The summed E-state index contributed by atoms with van der Waals surface area (Å²) in [6, 6.07) is 18.6.